The lowest BCUT2D eigenvalue weighted by atomic mass is 10.2. The van der Waals surface area contributed by atoms with Crippen molar-refractivity contribution in [3.8, 4) is 11.5 Å². The van der Waals surface area contributed by atoms with E-state index in [0.717, 1.165) is 22.6 Å². The van der Waals surface area contributed by atoms with E-state index in [9.17, 15) is 0 Å². The van der Waals surface area contributed by atoms with Crippen LogP contribution in [0.4, 0.5) is 11.8 Å². The van der Waals surface area contributed by atoms with Crippen LogP contribution in [-0.2, 0) is 6.54 Å². The fraction of sp³-hybridized carbons (Fsp3) is 0.190. The SMILES string of the molecule is COc1ccc(/C=N/Nc2cc(C)nc(NCc3ccccc3)n2)c(OC)c1. The van der Waals surface area contributed by atoms with Crippen LogP contribution in [0.15, 0.2) is 59.7 Å². The summed E-state index contributed by atoms with van der Waals surface area (Å²) in [5, 5.41) is 7.50. The van der Waals surface area contributed by atoms with Crippen molar-refractivity contribution in [3.05, 3.63) is 71.4 Å². The van der Waals surface area contributed by atoms with Gasteiger partial charge in [0.2, 0.25) is 5.95 Å². The molecule has 3 rings (SSSR count). The maximum Gasteiger partial charge on any atom is 0.225 e. The first kappa shape index (κ1) is 19.2. The third kappa shape index (κ3) is 5.20. The molecule has 2 N–H and O–H groups in total. The highest BCUT2D eigenvalue weighted by Crippen LogP contribution is 2.23. The number of hydrogen-bond acceptors (Lipinski definition) is 7. The van der Waals surface area contributed by atoms with Gasteiger partial charge in [-0.2, -0.15) is 10.1 Å². The normalized spacial score (nSPS) is 10.7. The third-order valence-electron chi connectivity index (χ3n) is 3.97. The van der Waals surface area contributed by atoms with Crippen molar-refractivity contribution < 1.29 is 9.47 Å². The number of hydrogen-bond donors (Lipinski definition) is 2. The number of nitrogens with one attached hydrogen (secondary N) is 2. The van der Waals surface area contributed by atoms with Crippen LogP contribution in [-0.4, -0.2) is 30.4 Å². The van der Waals surface area contributed by atoms with Gasteiger partial charge in [0.1, 0.15) is 11.5 Å². The highest BCUT2D eigenvalue weighted by molar-refractivity contribution is 5.84. The van der Waals surface area contributed by atoms with Gasteiger partial charge in [0, 0.05) is 29.9 Å². The van der Waals surface area contributed by atoms with E-state index in [1.54, 1.807) is 20.4 Å². The van der Waals surface area contributed by atoms with Gasteiger partial charge in [-0.25, -0.2) is 4.98 Å². The topological polar surface area (TPSA) is 80.7 Å². The molecule has 0 aliphatic carbocycles. The molecule has 2 aromatic carbocycles. The Labute approximate surface area is 164 Å². The second-order valence-corrected chi connectivity index (χ2v) is 6.04. The maximum absolute atomic E-state index is 5.37. The molecule has 0 amide bonds. The van der Waals surface area contributed by atoms with Crippen LogP contribution >= 0.6 is 0 Å². The Kier molecular flexibility index (Phi) is 6.41. The molecule has 0 fully saturated rings. The summed E-state index contributed by atoms with van der Waals surface area (Å²) in [6.07, 6.45) is 1.67. The summed E-state index contributed by atoms with van der Waals surface area (Å²) in [5.74, 6) is 2.55. The van der Waals surface area contributed by atoms with Gasteiger partial charge in [-0.1, -0.05) is 30.3 Å². The monoisotopic (exact) mass is 377 g/mol. The van der Waals surface area contributed by atoms with Crippen molar-refractivity contribution in [3.63, 3.8) is 0 Å². The number of anilines is 2. The fourth-order valence-electron chi connectivity index (χ4n) is 2.57. The van der Waals surface area contributed by atoms with E-state index < -0.39 is 0 Å². The van der Waals surface area contributed by atoms with E-state index in [1.165, 1.54) is 0 Å². The van der Waals surface area contributed by atoms with Crippen LogP contribution in [0.2, 0.25) is 0 Å². The molecular weight excluding hydrogens is 354 g/mol. The molecule has 0 saturated carbocycles. The van der Waals surface area contributed by atoms with Gasteiger partial charge in [-0.3, -0.25) is 5.43 Å². The number of hydrazone groups is 1. The minimum Gasteiger partial charge on any atom is -0.497 e. The molecule has 0 saturated heterocycles. The zero-order chi connectivity index (χ0) is 19.8. The Bertz CT molecular complexity index is 945. The molecule has 7 nitrogen and oxygen atoms in total. The second kappa shape index (κ2) is 9.36. The van der Waals surface area contributed by atoms with Gasteiger partial charge in [-0.15, -0.1) is 0 Å². The Morgan fingerprint density at radius 1 is 1.00 bits per heavy atom. The lowest BCUT2D eigenvalue weighted by Crippen LogP contribution is -2.06. The van der Waals surface area contributed by atoms with Gasteiger partial charge in [0.05, 0.1) is 20.4 Å². The van der Waals surface area contributed by atoms with Crippen LogP contribution in [0.5, 0.6) is 11.5 Å². The van der Waals surface area contributed by atoms with Crippen molar-refractivity contribution in [2.75, 3.05) is 25.0 Å². The summed E-state index contributed by atoms with van der Waals surface area (Å²) in [6, 6.07) is 17.5. The Morgan fingerprint density at radius 3 is 2.57 bits per heavy atom. The Hall–Kier alpha value is -3.61. The first-order chi connectivity index (χ1) is 13.7. The lowest BCUT2D eigenvalue weighted by molar-refractivity contribution is 0.394. The molecule has 28 heavy (non-hydrogen) atoms. The number of rotatable bonds is 8. The van der Waals surface area contributed by atoms with Gasteiger partial charge in [-0.05, 0) is 24.6 Å². The molecule has 0 aliphatic heterocycles. The van der Waals surface area contributed by atoms with Crippen LogP contribution in [0.1, 0.15) is 16.8 Å². The van der Waals surface area contributed by atoms with Crippen molar-refractivity contribution in [2.24, 2.45) is 5.10 Å². The summed E-state index contributed by atoms with van der Waals surface area (Å²) in [7, 11) is 3.23. The molecule has 0 radical (unpaired) electrons. The smallest absolute Gasteiger partial charge is 0.225 e. The van der Waals surface area contributed by atoms with Crippen molar-refractivity contribution in [1.82, 2.24) is 9.97 Å². The van der Waals surface area contributed by atoms with E-state index in [0.29, 0.717) is 24.1 Å². The molecule has 3 aromatic rings. The lowest BCUT2D eigenvalue weighted by Gasteiger charge is -2.08. The number of nitrogens with zero attached hydrogens (tertiary/aromatic N) is 3. The average Bonchev–Trinajstić information content (AvgIpc) is 2.73. The second-order valence-electron chi connectivity index (χ2n) is 6.04. The van der Waals surface area contributed by atoms with Crippen LogP contribution < -0.4 is 20.2 Å². The highest BCUT2D eigenvalue weighted by Gasteiger charge is 2.04. The first-order valence-electron chi connectivity index (χ1n) is 8.82. The zero-order valence-electron chi connectivity index (χ0n) is 16.1. The quantitative estimate of drug-likeness (QED) is 0.458. The van der Waals surface area contributed by atoms with Gasteiger partial charge in [0.25, 0.3) is 0 Å². The molecule has 0 unspecified atom stereocenters. The van der Waals surface area contributed by atoms with E-state index in [2.05, 4.69) is 37.9 Å². The van der Waals surface area contributed by atoms with E-state index >= 15 is 0 Å². The van der Waals surface area contributed by atoms with Crippen molar-refractivity contribution in [2.45, 2.75) is 13.5 Å². The summed E-state index contributed by atoms with van der Waals surface area (Å²) in [6.45, 7) is 2.56. The van der Waals surface area contributed by atoms with Gasteiger partial charge < -0.3 is 14.8 Å². The van der Waals surface area contributed by atoms with Crippen LogP contribution in [0, 0.1) is 6.92 Å². The summed E-state index contributed by atoms with van der Waals surface area (Å²) in [4.78, 5) is 8.87. The predicted octanol–water partition coefficient (Wildman–Crippen LogP) is 3.86. The molecule has 144 valence electrons. The molecular formula is C21H23N5O2. The van der Waals surface area contributed by atoms with Crippen LogP contribution in [0.25, 0.3) is 0 Å². The Balaban J connectivity index is 1.67. The van der Waals surface area contributed by atoms with Crippen LogP contribution in [0.3, 0.4) is 0 Å². The summed E-state index contributed by atoms with van der Waals surface area (Å²) < 4.78 is 10.6. The van der Waals surface area contributed by atoms with E-state index in [4.69, 9.17) is 9.47 Å². The van der Waals surface area contributed by atoms with E-state index in [-0.39, 0.29) is 0 Å². The predicted molar refractivity (Wildman–Crippen MR) is 111 cm³/mol. The van der Waals surface area contributed by atoms with Crippen molar-refractivity contribution in [1.29, 1.82) is 0 Å². The Morgan fingerprint density at radius 2 is 1.82 bits per heavy atom. The van der Waals surface area contributed by atoms with Gasteiger partial charge in [0.15, 0.2) is 5.82 Å². The maximum atomic E-state index is 5.37. The molecule has 0 bridgehead atoms. The number of aryl methyl sites for hydroxylation is 1. The minimum atomic E-state index is 0.545. The number of methoxy groups -OCH3 is 2. The highest BCUT2D eigenvalue weighted by atomic mass is 16.5. The van der Waals surface area contributed by atoms with Crippen molar-refractivity contribution >= 4 is 18.0 Å². The summed E-state index contributed by atoms with van der Waals surface area (Å²) >= 11 is 0. The fourth-order valence-corrected chi connectivity index (χ4v) is 2.57. The summed E-state index contributed by atoms with van der Waals surface area (Å²) in [5.41, 5.74) is 5.76. The molecule has 0 aliphatic rings. The number of aromatic nitrogens is 2. The number of ether oxygens (including phenoxy) is 2. The molecule has 0 spiro atoms. The average molecular weight is 377 g/mol. The number of benzene rings is 2. The largest absolute Gasteiger partial charge is 0.497 e. The third-order valence-corrected chi connectivity index (χ3v) is 3.97. The standard InChI is InChI=1S/C21H23N5O2/c1-15-11-20(25-21(24-15)22-13-16-7-5-4-6-8-16)26-23-14-17-9-10-18(27-2)12-19(17)28-3/h4-12,14H,13H2,1-3H3,(H2,22,24,25,26)/b23-14+. The molecule has 1 heterocycles. The van der Waals surface area contributed by atoms with Gasteiger partial charge >= 0.3 is 0 Å². The minimum absolute atomic E-state index is 0.545. The molecule has 1 aromatic heterocycles. The molecule has 7 heteroatoms. The molecule has 0 atom stereocenters. The van der Waals surface area contributed by atoms with E-state index in [1.807, 2.05) is 49.4 Å². The first-order valence-corrected chi connectivity index (χ1v) is 8.82. The zero-order valence-corrected chi connectivity index (χ0v) is 16.1.